The zero-order valence-corrected chi connectivity index (χ0v) is 12.9. The molecule has 0 aliphatic heterocycles. The van der Waals surface area contributed by atoms with Crippen LogP contribution in [0.1, 0.15) is 5.56 Å². The van der Waals surface area contributed by atoms with Gasteiger partial charge in [-0.2, -0.15) is 0 Å². The Morgan fingerprint density at radius 2 is 1.90 bits per heavy atom. The quantitative estimate of drug-likeness (QED) is 0.883. The average molecular weight is 328 g/mol. The molecule has 0 saturated carbocycles. The van der Waals surface area contributed by atoms with Gasteiger partial charge in [0.25, 0.3) is 0 Å². The van der Waals surface area contributed by atoms with Crippen molar-refractivity contribution < 1.29 is 9.47 Å². The number of hydrogen-bond acceptors (Lipinski definition) is 5. The number of rotatable bonds is 6. The maximum atomic E-state index is 5.95. The summed E-state index contributed by atoms with van der Waals surface area (Å²) in [6.07, 6.45) is 4.85. The van der Waals surface area contributed by atoms with E-state index in [4.69, 9.17) is 38.4 Å². The van der Waals surface area contributed by atoms with Crippen molar-refractivity contribution in [2.75, 3.05) is 13.2 Å². The van der Waals surface area contributed by atoms with Crippen molar-refractivity contribution in [2.24, 2.45) is 5.73 Å². The Morgan fingerprint density at radius 1 is 1.14 bits per heavy atom. The van der Waals surface area contributed by atoms with Gasteiger partial charge in [0.05, 0.1) is 17.3 Å². The first-order chi connectivity index (χ1) is 10.0. The van der Waals surface area contributed by atoms with Crippen molar-refractivity contribution in [3.8, 4) is 11.6 Å². The number of pyridine rings is 2. The molecule has 0 radical (unpaired) electrons. The summed E-state index contributed by atoms with van der Waals surface area (Å²) in [7, 11) is 0. The summed E-state index contributed by atoms with van der Waals surface area (Å²) in [5.74, 6) is 0.974. The molecule has 0 amide bonds. The van der Waals surface area contributed by atoms with Gasteiger partial charge in [-0.25, -0.2) is 4.98 Å². The van der Waals surface area contributed by atoms with Gasteiger partial charge in [0.1, 0.15) is 24.0 Å². The molecule has 5 nitrogen and oxygen atoms in total. The smallest absolute Gasteiger partial charge is 0.232 e. The van der Waals surface area contributed by atoms with Crippen LogP contribution in [0.25, 0.3) is 0 Å². The van der Waals surface area contributed by atoms with E-state index >= 15 is 0 Å². The number of nitrogens with two attached hydrogens (primary N) is 1. The Hall–Kier alpha value is -1.56. The minimum Gasteiger partial charge on any atom is -0.490 e. The van der Waals surface area contributed by atoms with Gasteiger partial charge in [-0.15, -0.1) is 0 Å². The summed E-state index contributed by atoms with van der Waals surface area (Å²) >= 11 is 11.7. The molecule has 1 unspecified atom stereocenters. The van der Waals surface area contributed by atoms with Crippen LogP contribution in [0, 0.1) is 6.92 Å². The molecule has 0 spiro atoms. The van der Waals surface area contributed by atoms with Gasteiger partial charge in [-0.1, -0.05) is 23.2 Å². The first-order valence-corrected chi connectivity index (χ1v) is 7.04. The molecule has 0 saturated heterocycles. The second-order valence-electron chi connectivity index (χ2n) is 4.52. The highest BCUT2D eigenvalue weighted by atomic mass is 35.5. The zero-order valence-electron chi connectivity index (χ0n) is 11.4. The second-order valence-corrected chi connectivity index (χ2v) is 5.36. The maximum Gasteiger partial charge on any atom is 0.232 e. The molecule has 0 fully saturated rings. The fourth-order valence-electron chi connectivity index (χ4n) is 1.55. The molecule has 2 rings (SSSR count). The number of nitrogens with zero attached hydrogens (tertiary/aromatic N) is 2. The number of ether oxygens (including phenoxy) is 2. The van der Waals surface area contributed by atoms with E-state index in [2.05, 4.69) is 9.97 Å². The molecular formula is C14H15Cl2N3O2. The number of halogens is 2. The van der Waals surface area contributed by atoms with Gasteiger partial charge in [-0.3, -0.25) is 4.98 Å². The normalized spacial score (nSPS) is 12.0. The van der Waals surface area contributed by atoms with Crippen LogP contribution in [0.4, 0.5) is 0 Å². The Labute approximate surface area is 133 Å². The summed E-state index contributed by atoms with van der Waals surface area (Å²) in [4.78, 5) is 8.03. The van der Waals surface area contributed by atoms with Crippen molar-refractivity contribution in [1.29, 1.82) is 0 Å². The zero-order chi connectivity index (χ0) is 15.2. The van der Waals surface area contributed by atoms with E-state index < -0.39 is 0 Å². The van der Waals surface area contributed by atoms with Crippen LogP contribution < -0.4 is 15.2 Å². The van der Waals surface area contributed by atoms with E-state index in [-0.39, 0.29) is 12.6 Å². The first-order valence-electron chi connectivity index (χ1n) is 6.28. The Kier molecular flexibility index (Phi) is 5.61. The van der Waals surface area contributed by atoms with Gasteiger partial charge >= 0.3 is 0 Å². The minimum atomic E-state index is -0.320. The average Bonchev–Trinajstić information content (AvgIpc) is 2.44. The third kappa shape index (κ3) is 5.04. The molecule has 0 aliphatic carbocycles. The van der Waals surface area contributed by atoms with Gasteiger partial charge in [-0.05, 0) is 24.6 Å². The molecule has 7 heteroatoms. The van der Waals surface area contributed by atoms with E-state index in [0.29, 0.717) is 28.3 Å². The van der Waals surface area contributed by atoms with Crippen molar-refractivity contribution in [3.05, 3.63) is 46.3 Å². The van der Waals surface area contributed by atoms with Gasteiger partial charge in [0.2, 0.25) is 5.88 Å². The SMILES string of the molecule is Cc1cncc(OCC(N)COc2ncc(Cl)cc2Cl)c1. The lowest BCUT2D eigenvalue weighted by molar-refractivity contribution is 0.215. The van der Waals surface area contributed by atoms with E-state index in [1.54, 1.807) is 18.5 Å². The standard InChI is InChI=1S/C14H15Cl2N3O2/c1-9-2-12(6-18-4-9)20-7-11(17)8-21-14-13(16)3-10(15)5-19-14/h2-6,11H,7-8,17H2,1H3. The van der Waals surface area contributed by atoms with Crippen molar-refractivity contribution >= 4 is 23.2 Å². The molecule has 2 heterocycles. The maximum absolute atomic E-state index is 5.95. The predicted molar refractivity (Wildman–Crippen MR) is 82.2 cm³/mol. The highest BCUT2D eigenvalue weighted by Crippen LogP contribution is 2.24. The molecule has 0 aromatic carbocycles. The highest BCUT2D eigenvalue weighted by molar-refractivity contribution is 6.35. The molecule has 1 atom stereocenters. The Morgan fingerprint density at radius 3 is 2.62 bits per heavy atom. The van der Waals surface area contributed by atoms with E-state index in [0.717, 1.165) is 5.56 Å². The van der Waals surface area contributed by atoms with E-state index in [1.807, 2.05) is 13.0 Å². The van der Waals surface area contributed by atoms with Crippen LogP contribution in [-0.4, -0.2) is 29.2 Å². The van der Waals surface area contributed by atoms with Gasteiger partial charge in [0.15, 0.2) is 0 Å². The molecule has 2 aromatic rings. The van der Waals surface area contributed by atoms with Crippen molar-refractivity contribution in [1.82, 2.24) is 9.97 Å². The largest absolute Gasteiger partial charge is 0.490 e. The van der Waals surface area contributed by atoms with Crippen LogP contribution in [0.5, 0.6) is 11.6 Å². The molecule has 0 aliphatic rings. The number of aryl methyl sites for hydroxylation is 1. The summed E-state index contributed by atoms with van der Waals surface area (Å²) < 4.78 is 11.0. The second kappa shape index (κ2) is 7.45. The van der Waals surface area contributed by atoms with Crippen LogP contribution in [-0.2, 0) is 0 Å². The number of hydrogen-bond donors (Lipinski definition) is 1. The molecule has 2 N–H and O–H groups in total. The summed E-state index contributed by atoms with van der Waals surface area (Å²) in [5, 5.41) is 0.797. The minimum absolute atomic E-state index is 0.230. The van der Waals surface area contributed by atoms with Crippen LogP contribution in [0.3, 0.4) is 0 Å². The van der Waals surface area contributed by atoms with Crippen LogP contribution in [0.15, 0.2) is 30.7 Å². The third-order valence-corrected chi connectivity index (χ3v) is 3.00. The lowest BCUT2D eigenvalue weighted by Crippen LogP contribution is -2.34. The van der Waals surface area contributed by atoms with Crippen molar-refractivity contribution in [3.63, 3.8) is 0 Å². The topological polar surface area (TPSA) is 70.3 Å². The van der Waals surface area contributed by atoms with Gasteiger partial charge in [0, 0.05) is 12.4 Å². The lowest BCUT2D eigenvalue weighted by atomic mass is 10.3. The first kappa shape index (κ1) is 15.8. The summed E-state index contributed by atoms with van der Waals surface area (Å²) in [6.45, 7) is 2.47. The summed E-state index contributed by atoms with van der Waals surface area (Å²) in [5.41, 5.74) is 6.94. The molecular weight excluding hydrogens is 313 g/mol. The van der Waals surface area contributed by atoms with Gasteiger partial charge < -0.3 is 15.2 Å². The van der Waals surface area contributed by atoms with Crippen molar-refractivity contribution in [2.45, 2.75) is 13.0 Å². The monoisotopic (exact) mass is 327 g/mol. The summed E-state index contributed by atoms with van der Waals surface area (Å²) in [6, 6.07) is 3.13. The molecule has 21 heavy (non-hydrogen) atoms. The van der Waals surface area contributed by atoms with E-state index in [9.17, 15) is 0 Å². The Bertz CT molecular complexity index is 611. The predicted octanol–water partition coefficient (Wildman–Crippen LogP) is 2.88. The molecule has 0 bridgehead atoms. The molecule has 112 valence electrons. The van der Waals surface area contributed by atoms with Crippen LogP contribution in [0.2, 0.25) is 10.0 Å². The fourth-order valence-corrected chi connectivity index (χ4v) is 1.99. The number of aromatic nitrogens is 2. The Balaban J connectivity index is 1.80. The highest BCUT2D eigenvalue weighted by Gasteiger charge is 2.09. The van der Waals surface area contributed by atoms with Crippen LogP contribution >= 0.6 is 23.2 Å². The third-order valence-electron chi connectivity index (χ3n) is 2.52. The molecule has 2 aromatic heterocycles. The fraction of sp³-hybridized carbons (Fsp3) is 0.286. The van der Waals surface area contributed by atoms with E-state index in [1.165, 1.54) is 6.20 Å². The lowest BCUT2D eigenvalue weighted by Gasteiger charge is -2.14.